The Hall–Kier alpha value is -8.80. The van der Waals surface area contributed by atoms with Crippen molar-refractivity contribution in [1.82, 2.24) is 14.1 Å². The van der Waals surface area contributed by atoms with E-state index in [1.165, 1.54) is 55.5 Å². The first-order valence-electron chi connectivity index (χ1n) is 25.8. The third kappa shape index (κ3) is 6.48. The summed E-state index contributed by atoms with van der Waals surface area (Å²) in [5, 5.41) is 2.33. The van der Waals surface area contributed by atoms with Crippen molar-refractivity contribution >= 4 is 32.8 Å². The SMILES string of the molecule is CC(C)(C)c1ccc(C2(c3ccc(C(C)(C)C)cc3)c3cccnc3-n3c4cc(Oc5cccc(-n6[c-][n+]7c8c(cccc86)-c6ccccc6-c6ccccc6-c6ccccc6-7)c5)ccc4c4cccc2c43)cc1. The minimum atomic E-state index is -0.647. The molecule has 74 heavy (non-hydrogen) atoms. The van der Waals surface area contributed by atoms with Crippen molar-refractivity contribution in [3.63, 3.8) is 0 Å². The first-order valence-corrected chi connectivity index (χ1v) is 25.8. The van der Waals surface area contributed by atoms with E-state index in [1.54, 1.807) is 0 Å². The van der Waals surface area contributed by atoms with E-state index in [0.29, 0.717) is 0 Å². The Morgan fingerprint density at radius 1 is 0.473 bits per heavy atom. The zero-order valence-electron chi connectivity index (χ0n) is 42.5. The van der Waals surface area contributed by atoms with Crippen molar-refractivity contribution in [1.29, 1.82) is 0 Å². The monoisotopic (exact) mass is 954 g/mol. The lowest BCUT2D eigenvalue weighted by molar-refractivity contribution is -0.571. The smallest absolute Gasteiger partial charge is 0.269 e. The molecule has 0 bridgehead atoms. The van der Waals surface area contributed by atoms with Gasteiger partial charge in [-0.3, -0.25) is 13.7 Å². The predicted molar refractivity (Wildman–Crippen MR) is 301 cm³/mol. The summed E-state index contributed by atoms with van der Waals surface area (Å²) in [5.74, 6) is 2.39. The lowest BCUT2D eigenvalue weighted by Crippen LogP contribution is -2.36. The van der Waals surface area contributed by atoms with E-state index in [2.05, 4.69) is 268 Å². The highest BCUT2D eigenvalue weighted by molar-refractivity contribution is 6.12. The van der Waals surface area contributed by atoms with Crippen molar-refractivity contribution in [3.8, 4) is 62.1 Å². The van der Waals surface area contributed by atoms with Crippen LogP contribution in [0.5, 0.6) is 11.5 Å². The number of ether oxygens (including phenoxy) is 1. The molecule has 0 radical (unpaired) electrons. The largest absolute Gasteiger partial charge is 0.458 e. The topological polar surface area (TPSA) is 35.9 Å². The maximum atomic E-state index is 6.95. The second kappa shape index (κ2) is 16.1. The van der Waals surface area contributed by atoms with E-state index in [9.17, 15) is 0 Å². The number of rotatable bonds is 5. The highest BCUT2D eigenvalue weighted by atomic mass is 16.5. The summed E-state index contributed by atoms with van der Waals surface area (Å²) in [5.41, 5.74) is 20.2. The third-order valence-electron chi connectivity index (χ3n) is 15.8. The van der Waals surface area contributed by atoms with Crippen molar-refractivity contribution < 1.29 is 9.30 Å². The molecule has 0 aliphatic carbocycles. The summed E-state index contributed by atoms with van der Waals surface area (Å²) >= 11 is 0. The summed E-state index contributed by atoms with van der Waals surface area (Å²) in [4.78, 5) is 5.30. The summed E-state index contributed by atoms with van der Waals surface area (Å²) in [6.45, 7) is 13.7. The fourth-order valence-electron chi connectivity index (χ4n) is 12.2. The molecule has 356 valence electrons. The molecule has 5 nitrogen and oxygen atoms in total. The van der Waals surface area contributed by atoms with E-state index in [0.717, 1.165) is 72.8 Å². The number of fused-ring (bicyclic) bond motifs is 12. The van der Waals surface area contributed by atoms with Gasteiger partial charge in [-0.15, -0.1) is 0 Å². The lowest BCUT2D eigenvalue weighted by Gasteiger charge is -2.41. The molecule has 5 heterocycles. The Morgan fingerprint density at radius 2 is 1.04 bits per heavy atom. The van der Waals surface area contributed by atoms with Gasteiger partial charge in [0.25, 0.3) is 6.33 Å². The Balaban J connectivity index is 0.919. The highest BCUT2D eigenvalue weighted by Gasteiger charge is 2.46. The van der Waals surface area contributed by atoms with Gasteiger partial charge in [0, 0.05) is 28.6 Å². The van der Waals surface area contributed by atoms with Gasteiger partial charge >= 0.3 is 0 Å². The van der Waals surface area contributed by atoms with Crippen LogP contribution in [0.1, 0.15) is 74.9 Å². The molecule has 2 aliphatic rings. The Morgan fingerprint density at radius 3 is 1.72 bits per heavy atom. The minimum Gasteiger partial charge on any atom is -0.458 e. The molecule has 0 spiro atoms. The third-order valence-corrected chi connectivity index (χ3v) is 15.8. The normalized spacial score (nSPS) is 13.4. The fourth-order valence-corrected chi connectivity index (χ4v) is 12.2. The molecule has 12 aromatic rings. The summed E-state index contributed by atoms with van der Waals surface area (Å²) < 4.78 is 13.8. The van der Waals surface area contributed by atoms with Crippen molar-refractivity contribution in [3.05, 3.63) is 258 Å². The molecule has 0 atom stereocenters. The number of hydrogen-bond donors (Lipinski definition) is 0. The van der Waals surface area contributed by atoms with Crippen LogP contribution in [0.3, 0.4) is 0 Å². The summed E-state index contributed by atoms with van der Waals surface area (Å²) in [6, 6.07) is 77.6. The standard InChI is InChI=1S/C69H54N4O/c1-67(2,3)44-30-34-46(35-31-44)69(47-36-32-45(33-37-47)68(4,5)6)59-26-14-24-58-56-39-38-50(42-63(56)73(64(58)59)66-60(69)27-16-40-70-66)74-49-18-13-17-48(41-49)71-43-72-61-28-12-11-23-55(61)53-21-9-7-19-51(53)52-20-8-10-22-54(52)57-25-15-29-62(71)65(57)72/h7-42H,1-6H3. The predicted octanol–water partition coefficient (Wildman–Crippen LogP) is 16.6. The van der Waals surface area contributed by atoms with Gasteiger partial charge in [0.05, 0.1) is 38.9 Å². The van der Waals surface area contributed by atoms with Crippen LogP contribution in [-0.4, -0.2) is 14.1 Å². The molecule has 14 rings (SSSR count). The molecule has 0 fully saturated rings. The van der Waals surface area contributed by atoms with Crippen LogP contribution in [0.2, 0.25) is 0 Å². The Labute approximate surface area is 432 Å². The Bertz CT molecular complexity index is 4180. The Kier molecular flexibility index (Phi) is 9.56. The number of para-hydroxylation sites is 3. The molecular formula is C69H54N4O. The quantitative estimate of drug-likeness (QED) is 0.127. The molecule has 2 aliphatic heterocycles. The average molecular weight is 955 g/mol. The van der Waals surface area contributed by atoms with Gasteiger partial charge in [-0.1, -0.05) is 205 Å². The molecule has 5 heteroatoms. The van der Waals surface area contributed by atoms with E-state index in [-0.39, 0.29) is 10.8 Å². The van der Waals surface area contributed by atoms with Crippen molar-refractivity contribution in [2.75, 3.05) is 0 Å². The van der Waals surface area contributed by atoms with Crippen LogP contribution in [-0.2, 0) is 16.2 Å². The highest BCUT2D eigenvalue weighted by Crippen LogP contribution is 2.54. The molecule has 0 amide bonds. The maximum Gasteiger partial charge on any atom is 0.269 e. The maximum absolute atomic E-state index is 6.95. The number of aromatic nitrogens is 4. The molecular weight excluding hydrogens is 901 g/mol. The van der Waals surface area contributed by atoms with Gasteiger partial charge in [0.1, 0.15) is 17.3 Å². The number of hydrogen-bond acceptors (Lipinski definition) is 2. The van der Waals surface area contributed by atoms with Gasteiger partial charge in [-0.05, 0) is 114 Å². The average Bonchev–Trinajstić information content (AvgIpc) is 4.02. The molecule has 0 N–H and O–H groups in total. The second-order valence-corrected chi connectivity index (χ2v) is 22.1. The van der Waals surface area contributed by atoms with Gasteiger partial charge in [0.2, 0.25) is 0 Å². The summed E-state index contributed by atoms with van der Waals surface area (Å²) in [6.07, 6.45) is 5.78. The molecule has 0 saturated carbocycles. The number of benzene rings is 9. The first kappa shape index (κ1) is 43.9. The van der Waals surface area contributed by atoms with Crippen LogP contribution in [0.15, 0.2) is 219 Å². The van der Waals surface area contributed by atoms with Crippen LogP contribution < -0.4 is 9.30 Å². The van der Waals surface area contributed by atoms with Crippen LogP contribution >= 0.6 is 0 Å². The van der Waals surface area contributed by atoms with E-state index < -0.39 is 5.41 Å². The first-order chi connectivity index (χ1) is 36.0. The molecule has 0 unspecified atom stereocenters. The van der Waals surface area contributed by atoms with Crippen LogP contribution in [0.25, 0.3) is 83.4 Å². The van der Waals surface area contributed by atoms with Crippen LogP contribution in [0, 0.1) is 6.33 Å². The molecule has 3 aromatic heterocycles. The number of imidazole rings is 1. The summed E-state index contributed by atoms with van der Waals surface area (Å²) in [7, 11) is 0. The number of nitrogens with zero attached hydrogens (tertiary/aromatic N) is 4. The van der Waals surface area contributed by atoms with Gasteiger partial charge < -0.3 is 4.74 Å². The number of pyridine rings is 1. The van der Waals surface area contributed by atoms with Crippen LogP contribution in [0.4, 0.5) is 0 Å². The second-order valence-electron chi connectivity index (χ2n) is 22.1. The minimum absolute atomic E-state index is 0.0147. The van der Waals surface area contributed by atoms with E-state index >= 15 is 0 Å². The van der Waals surface area contributed by atoms with Gasteiger partial charge in [-0.25, -0.2) is 4.98 Å². The molecule has 9 aromatic carbocycles. The van der Waals surface area contributed by atoms with E-state index in [1.807, 2.05) is 12.3 Å². The molecule has 0 saturated heterocycles. The zero-order valence-corrected chi connectivity index (χ0v) is 42.5. The van der Waals surface area contributed by atoms with Crippen molar-refractivity contribution in [2.45, 2.75) is 57.8 Å². The van der Waals surface area contributed by atoms with Gasteiger partial charge in [0.15, 0.2) is 0 Å². The van der Waals surface area contributed by atoms with Crippen molar-refractivity contribution in [2.24, 2.45) is 0 Å². The lowest BCUT2D eigenvalue weighted by atomic mass is 9.63. The van der Waals surface area contributed by atoms with Gasteiger partial charge in [-0.2, -0.15) is 0 Å². The zero-order chi connectivity index (χ0) is 50.1. The fraction of sp³-hybridized carbons (Fsp3) is 0.130. The van der Waals surface area contributed by atoms with E-state index in [4.69, 9.17) is 9.72 Å².